The van der Waals surface area contributed by atoms with Gasteiger partial charge in [0, 0.05) is 5.38 Å². The van der Waals surface area contributed by atoms with Gasteiger partial charge >= 0.3 is 11.9 Å². The lowest BCUT2D eigenvalue weighted by Gasteiger charge is -2.11. The van der Waals surface area contributed by atoms with Gasteiger partial charge in [-0.1, -0.05) is 18.2 Å². The highest BCUT2D eigenvalue weighted by Gasteiger charge is 2.13. The number of esters is 2. The number of nitrogens with one attached hydrogen (secondary N) is 1. The van der Waals surface area contributed by atoms with Gasteiger partial charge in [-0.25, -0.2) is 9.78 Å². The highest BCUT2D eigenvalue weighted by Crippen LogP contribution is 2.22. The number of carbonyl (C=O) groups excluding carboxylic acids is 3. The Morgan fingerprint density at radius 1 is 1.11 bits per heavy atom. The van der Waals surface area contributed by atoms with Crippen LogP contribution in [0.3, 0.4) is 0 Å². The van der Waals surface area contributed by atoms with Gasteiger partial charge in [0.2, 0.25) is 0 Å². The van der Waals surface area contributed by atoms with Crippen LogP contribution >= 0.6 is 11.3 Å². The van der Waals surface area contributed by atoms with Crippen LogP contribution in [0.5, 0.6) is 5.75 Å². The van der Waals surface area contributed by atoms with Gasteiger partial charge < -0.3 is 14.2 Å². The summed E-state index contributed by atoms with van der Waals surface area (Å²) in [5, 5.41) is 4.44. The fraction of sp³-hybridized carbons (Fsp3) is 0.333. The van der Waals surface area contributed by atoms with E-state index in [4.69, 9.17) is 9.47 Å². The first kappa shape index (κ1) is 20.4. The third-order valence-corrected chi connectivity index (χ3v) is 4.27. The summed E-state index contributed by atoms with van der Waals surface area (Å²) < 4.78 is 14.9. The topological polar surface area (TPSA) is 104 Å². The maximum absolute atomic E-state index is 11.8. The summed E-state index contributed by atoms with van der Waals surface area (Å²) in [6, 6.07) is 5.66. The molecule has 1 N–H and O–H groups in total. The summed E-state index contributed by atoms with van der Waals surface area (Å²) in [6.07, 6.45) is 0.0213. The van der Waals surface area contributed by atoms with Gasteiger partial charge in [0.25, 0.3) is 5.91 Å². The molecule has 8 nitrogen and oxygen atoms in total. The van der Waals surface area contributed by atoms with Crippen molar-refractivity contribution in [3.8, 4) is 5.75 Å². The van der Waals surface area contributed by atoms with Gasteiger partial charge in [0.1, 0.15) is 5.75 Å². The Kier molecular flexibility index (Phi) is 7.30. The minimum atomic E-state index is -0.654. The largest absolute Gasteiger partial charge is 0.481 e. The molecule has 0 aliphatic heterocycles. The fourth-order valence-electron chi connectivity index (χ4n) is 2.17. The highest BCUT2D eigenvalue weighted by atomic mass is 32.1. The molecule has 0 fully saturated rings. The number of carbonyl (C=O) groups is 3. The summed E-state index contributed by atoms with van der Waals surface area (Å²) in [6.45, 7) is 3.01. The molecule has 0 saturated carbocycles. The summed E-state index contributed by atoms with van der Waals surface area (Å²) in [5.74, 6) is -0.983. The molecule has 1 amide bonds. The maximum Gasteiger partial charge on any atom is 0.344 e. The Labute approximate surface area is 160 Å². The monoisotopic (exact) mass is 392 g/mol. The molecule has 0 aliphatic rings. The van der Waals surface area contributed by atoms with E-state index in [1.807, 2.05) is 32.0 Å². The van der Waals surface area contributed by atoms with Gasteiger partial charge in [-0.3, -0.25) is 14.9 Å². The molecule has 1 heterocycles. The number of para-hydroxylation sites is 1. The van der Waals surface area contributed by atoms with Crippen molar-refractivity contribution in [3.05, 3.63) is 40.4 Å². The molecule has 27 heavy (non-hydrogen) atoms. The van der Waals surface area contributed by atoms with E-state index in [0.717, 1.165) is 22.5 Å². The van der Waals surface area contributed by atoms with Gasteiger partial charge in [-0.2, -0.15) is 0 Å². The summed E-state index contributed by atoms with van der Waals surface area (Å²) in [7, 11) is 1.29. The van der Waals surface area contributed by atoms with Crippen molar-refractivity contribution >= 4 is 34.3 Å². The quantitative estimate of drug-likeness (QED) is 0.686. The third-order valence-electron chi connectivity index (χ3n) is 3.46. The molecule has 0 bridgehead atoms. The number of aromatic nitrogens is 1. The van der Waals surface area contributed by atoms with E-state index >= 15 is 0 Å². The van der Waals surface area contributed by atoms with Crippen molar-refractivity contribution in [1.82, 2.24) is 4.98 Å². The Morgan fingerprint density at radius 3 is 2.48 bits per heavy atom. The molecule has 2 aromatic rings. The molecule has 0 atom stereocenters. The Balaban J connectivity index is 1.75. The summed E-state index contributed by atoms with van der Waals surface area (Å²) >= 11 is 1.16. The number of amides is 1. The first-order chi connectivity index (χ1) is 12.9. The molecular weight excluding hydrogens is 372 g/mol. The molecule has 0 saturated heterocycles. The van der Waals surface area contributed by atoms with E-state index in [1.54, 1.807) is 5.38 Å². The Hall–Kier alpha value is -2.94. The number of anilines is 1. The zero-order valence-corrected chi connectivity index (χ0v) is 16.1. The van der Waals surface area contributed by atoms with E-state index < -0.39 is 24.5 Å². The lowest BCUT2D eigenvalue weighted by molar-refractivity contribution is -0.149. The predicted molar refractivity (Wildman–Crippen MR) is 98.8 cm³/mol. The smallest absolute Gasteiger partial charge is 0.344 e. The van der Waals surface area contributed by atoms with Crippen LogP contribution in [-0.2, 0) is 30.3 Å². The first-order valence-electron chi connectivity index (χ1n) is 8.04. The van der Waals surface area contributed by atoms with Crippen LogP contribution in [0, 0.1) is 13.8 Å². The molecule has 9 heteroatoms. The molecule has 0 aliphatic carbocycles. The summed E-state index contributed by atoms with van der Waals surface area (Å²) in [5.41, 5.74) is 2.31. The molecule has 1 aromatic carbocycles. The van der Waals surface area contributed by atoms with E-state index in [-0.39, 0.29) is 13.0 Å². The van der Waals surface area contributed by atoms with Gasteiger partial charge in [0.05, 0.1) is 19.2 Å². The van der Waals surface area contributed by atoms with Crippen molar-refractivity contribution < 1.29 is 28.6 Å². The number of benzene rings is 1. The fourth-order valence-corrected chi connectivity index (χ4v) is 2.89. The average molecular weight is 392 g/mol. The van der Waals surface area contributed by atoms with Crippen LogP contribution in [-0.4, -0.2) is 43.2 Å². The minimum Gasteiger partial charge on any atom is -0.481 e. The third kappa shape index (κ3) is 6.37. The lowest BCUT2D eigenvalue weighted by Crippen LogP contribution is -2.23. The summed E-state index contributed by atoms with van der Waals surface area (Å²) in [4.78, 5) is 38.9. The van der Waals surface area contributed by atoms with Crippen LogP contribution in [0.25, 0.3) is 0 Å². The lowest BCUT2D eigenvalue weighted by atomic mass is 10.1. The van der Waals surface area contributed by atoms with E-state index in [2.05, 4.69) is 15.0 Å². The second-order valence-corrected chi connectivity index (χ2v) is 6.47. The van der Waals surface area contributed by atoms with E-state index in [0.29, 0.717) is 16.6 Å². The molecule has 0 unspecified atom stereocenters. The van der Waals surface area contributed by atoms with Crippen LogP contribution in [0.4, 0.5) is 5.13 Å². The van der Waals surface area contributed by atoms with Crippen LogP contribution in [0.1, 0.15) is 16.8 Å². The van der Waals surface area contributed by atoms with Crippen molar-refractivity contribution in [1.29, 1.82) is 0 Å². The zero-order valence-electron chi connectivity index (χ0n) is 15.2. The molecule has 0 spiro atoms. The van der Waals surface area contributed by atoms with Gasteiger partial charge in [0.15, 0.2) is 18.3 Å². The Morgan fingerprint density at radius 2 is 1.81 bits per heavy atom. The SMILES string of the molecule is COC(=O)Cc1csc(NC(=O)COC(=O)COc2c(C)cccc2C)n1. The molecule has 0 radical (unpaired) electrons. The molecular formula is C18H20N2O6S. The number of aryl methyl sites for hydroxylation is 2. The number of hydrogen-bond acceptors (Lipinski definition) is 8. The number of rotatable bonds is 8. The number of ether oxygens (including phenoxy) is 3. The highest BCUT2D eigenvalue weighted by molar-refractivity contribution is 7.13. The van der Waals surface area contributed by atoms with Crippen LogP contribution in [0.15, 0.2) is 23.6 Å². The number of hydrogen-bond donors (Lipinski definition) is 1. The second kappa shape index (κ2) is 9.67. The Bertz CT molecular complexity index is 813. The second-order valence-electron chi connectivity index (χ2n) is 5.62. The zero-order chi connectivity index (χ0) is 19.8. The number of methoxy groups -OCH3 is 1. The molecule has 1 aromatic heterocycles. The predicted octanol–water partition coefficient (Wildman–Crippen LogP) is 2.04. The minimum absolute atomic E-state index is 0.0213. The number of nitrogens with zero attached hydrogens (tertiary/aromatic N) is 1. The maximum atomic E-state index is 11.8. The van der Waals surface area contributed by atoms with E-state index in [1.165, 1.54) is 7.11 Å². The van der Waals surface area contributed by atoms with E-state index in [9.17, 15) is 14.4 Å². The molecule has 2 rings (SSSR count). The van der Waals surface area contributed by atoms with Crippen molar-refractivity contribution in [2.24, 2.45) is 0 Å². The molecule has 144 valence electrons. The standard InChI is InChI=1S/C18H20N2O6S/c1-11-5-4-6-12(2)17(11)26-9-16(23)25-8-14(21)20-18-19-13(10-27-18)7-15(22)24-3/h4-6,10H,7-9H2,1-3H3,(H,19,20,21). The van der Waals surface area contributed by atoms with Crippen LogP contribution in [0.2, 0.25) is 0 Å². The first-order valence-corrected chi connectivity index (χ1v) is 8.92. The van der Waals surface area contributed by atoms with Crippen molar-refractivity contribution in [2.45, 2.75) is 20.3 Å². The van der Waals surface area contributed by atoms with Crippen LogP contribution < -0.4 is 10.1 Å². The number of thiazole rings is 1. The van der Waals surface area contributed by atoms with Gasteiger partial charge in [-0.05, 0) is 25.0 Å². The van der Waals surface area contributed by atoms with Crippen molar-refractivity contribution in [2.75, 3.05) is 25.6 Å². The normalized spacial score (nSPS) is 10.2. The van der Waals surface area contributed by atoms with Crippen molar-refractivity contribution in [3.63, 3.8) is 0 Å². The average Bonchev–Trinajstić information content (AvgIpc) is 3.06. The van der Waals surface area contributed by atoms with Gasteiger partial charge in [-0.15, -0.1) is 11.3 Å².